The van der Waals surface area contributed by atoms with E-state index >= 15 is 0 Å². The van der Waals surface area contributed by atoms with Crippen LogP contribution < -0.4 is 10.6 Å². The average Bonchev–Trinajstić information content (AvgIpc) is 2.57. The molecular formula is C11H18N4O2S. The van der Waals surface area contributed by atoms with Gasteiger partial charge in [-0.25, -0.2) is 18.4 Å². The highest BCUT2D eigenvalue weighted by Gasteiger charge is 2.27. The van der Waals surface area contributed by atoms with Crippen molar-refractivity contribution in [1.29, 1.82) is 0 Å². The third-order valence-corrected chi connectivity index (χ3v) is 4.55. The van der Waals surface area contributed by atoms with Gasteiger partial charge in [-0.15, -0.1) is 0 Å². The molecule has 0 bridgehead atoms. The average molecular weight is 270 g/mol. The van der Waals surface area contributed by atoms with Crippen molar-refractivity contribution in [1.82, 2.24) is 9.97 Å². The highest BCUT2D eigenvalue weighted by molar-refractivity contribution is 7.91. The Kier molecular flexibility index (Phi) is 3.70. The molecule has 1 aromatic heterocycles. The van der Waals surface area contributed by atoms with Crippen LogP contribution in [0.3, 0.4) is 0 Å². The van der Waals surface area contributed by atoms with Crippen LogP contribution in [-0.4, -0.2) is 42.5 Å². The van der Waals surface area contributed by atoms with Gasteiger partial charge in [0.15, 0.2) is 9.84 Å². The molecule has 0 saturated carbocycles. The zero-order valence-corrected chi connectivity index (χ0v) is 11.4. The molecule has 0 aromatic carbocycles. The molecule has 1 aliphatic heterocycles. The van der Waals surface area contributed by atoms with Gasteiger partial charge in [0.2, 0.25) is 0 Å². The summed E-state index contributed by atoms with van der Waals surface area (Å²) in [4.78, 5) is 8.52. The van der Waals surface area contributed by atoms with Gasteiger partial charge in [0.1, 0.15) is 17.5 Å². The van der Waals surface area contributed by atoms with Gasteiger partial charge in [0.25, 0.3) is 0 Å². The van der Waals surface area contributed by atoms with E-state index in [1.165, 1.54) is 0 Å². The minimum absolute atomic E-state index is 0.0428. The number of rotatable bonds is 4. The second-order valence-electron chi connectivity index (χ2n) is 4.46. The SMILES string of the molecule is CCNc1cc(NC2CCS(=O)(=O)C2)nc(C)n1. The van der Waals surface area contributed by atoms with Gasteiger partial charge in [-0.2, -0.15) is 0 Å². The highest BCUT2D eigenvalue weighted by Crippen LogP contribution is 2.18. The molecule has 0 amide bonds. The summed E-state index contributed by atoms with van der Waals surface area (Å²) < 4.78 is 22.8. The summed E-state index contributed by atoms with van der Waals surface area (Å²) in [6, 6.07) is 1.76. The second-order valence-corrected chi connectivity index (χ2v) is 6.69. The number of nitrogens with zero attached hydrogens (tertiary/aromatic N) is 2. The first-order valence-corrected chi connectivity index (χ1v) is 7.87. The zero-order valence-electron chi connectivity index (χ0n) is 10.6. The van der Waals surface area contributed by atoms with Crippen LogP contribution in [0.15, 0.2) is 6.07 Å². The normalized spacial score (nSPS) is 21.8. The van der Waals surface area contributed by atoms with Crippen molar-refractivity contribution in [2.24, 2.45) is 0 Å². The van der Waals surface area contributed by atoms with Crippen molar-refractivity contribution in [3.05, 3.63) is 11.9 Å². The topological polar surface area (TPSA) is 84.0 Å². The molecule has 6 nitrogen and oxygen atoms in total. The number of hydrogen-bond acceptors (Lipinski definition) is 6. The van der Waals surface area contributed by atoms with E-state index in [1.807, 2.05) is 13.8 Å². The van der Waals surface area contributed by atoms with Gasteiger partial charge in [-0.05, 0) is 20.3 Å². The number of nitrogens with one attached hydrogen (secondary N) is 2. The number of aromatic nitrogens is 2. The third-order valence-electron chi connectivity index (χ3n) is 2.78. The van der Waals surface area contributed by atoms with Crippen molar-refractivity contribution in [2.45, 2.75) is 26.3 Å². The van der Waals surface area contributed by atoms with Crippen LogP contribution in [0.1, 0.15) is 19.2 Å². The maximum atomic E-state index is 11.4. The van der Waals surface area contributed by atoms with Crippen molar-refractivity contribution in [3.63, 3.8) is 0 Å². The highest BCUT2D eigenvalue weighted by atomic mass is 32.2. The van der Waals surface area contributed by atoms with E-state index in [1.54, 1.807) is 6.07 Å². The van der Waals surface area contributed by atoms with E-state index < -0.39 is 9.84 Å². The fraction of sp³-hybridized carbons (Fsp3) is 0.636. The van der Waals surface area contributed by atoms with Crippen molar-refractivity contribution in [2.75, 3.05) is 28.7 Å². The summed E-state index contributed by atoms with van der Waals surface area (Å²) >= 11 is 0. The largest absolute Gasteiger partial charge is 0.370 e. The molecule has 1 fully saturated rings. The van der Waals surface area contributed by atoms with Crippen LogP contribution in [-0.2, 0) is 9.84 Å². The number of sulfone groups is 1. The van der Waals surface area contributed by atoms with Crippen LogP contribution in [0.25, 0.3) is 0 Å². The molecule has 1 unspecified atom stereocenters. The maximum absolute atomic E-state index is 11.4. The fourth-order valence-corrected chi connectivity index (χ4v) is 3.70. The Hall–Kier alpha value is -1.37. The standard InChI is InChI=1S/C11H18N4O2S/c1-3-12-10-6-11(14-8(2)13-10)15-9-4-5-18(16,17)7-9/h6,9H,3-5,7H2,1-2H3,(H2,12,13,14,15). The predicted molar refractivity (Wildman–Crippen MR) is 71.6 cm³/mol. The lowest BCUT2D eigenvalue weighted by Gasteiger charge is -2.13. The van der Waals surface area contributed by atoms with E-state index in [2.05, 4.69) is 20.6 Å². The van der Waals surface area contributed by atoms with Gasteiger partial charge in [0.05, 0.1) is 11.5 Å². The molecule has 2 heterocycles. The van der Waals surface area contributed by atoms with Crippen LogP contribution in [0.4, 0.5) is 11.6 Å². The minimum atomic E-state index is -2.87. The maximum Gasteiger partial charge on any atom is 0.152 e. The smallest absolute Gasteiger partial charge is 0.152 e. The molecule has 2 rings (SSSR count). The lowest BCUT2D eigenvalue weighted by atomic mass is 10.2. The van der Waals surface area contributed by atoms with Crippen LogP contribution in [0, 0.1) is 6.92 Å². The molecule has 1 aromatic rings. The first-order chi connectivity index (χ1) is 8.48. The lowest BCUT2D eigenvalue weighted by molar-refractivity contribution is 0.602. The molecule has 0 spiro atoms. The molecular weight excluding hydrogens is 252 g/mol. The van der Waals surface area contributed by atoms with Gasteiger partial charge >= 0.3 is 0 Å². The molecule has 100 valence electrons. The summed E-state index contributed by atoms with van der Waals surface area (Å²) in [6.07, 6.45) is 0.641. The Balaban J connectivity index is 2.09. The molecule has 7 heteroatoms. The molecule has 1 saturated heterocycles. The summed E-state index contributed by atoms with van der Waals surface area (Å²) in [5.41, 5.74) is 0. The number of hydrogen-bond donors (Lipinski definition) is 2. The van der Waals surface area contributed by atoms with Gasteiger partial charge in [-0.3, -0.25) is 0 Å². The molecule has 1 aliphatic rings. The summed E-state index contributed by atoms with van der Waals surface area (Å²) in [6.45, 7) is 4.60. The molecule has 1 atom stereocenters. The Morgan fingerprint density at radius 2 is 2.11 bits per heavy atom. The summed E-state index contributed by atoms with van der Waals surface area (Å²) in [5.74, 6) is 2.55. The molecule has 18 heavy (non-hydrogen) atoms. The van der Waals surface area contributed by atoms with E-state index in [9.17, 15) is 8.42 Å². The van der Waals surface area contributed by atoms with Crippen molar-refractivity contribution >= 4 is 21.5 Å². The Labute approximate surface area is 107 Å². The lowest BCUT2D eigenvalue weighted by Crippen LogP contribution is -2.21. The zero-order chi connectivity index (χ0) is 13.2. The van der Waals surface area contributed by atoms with E-state index in [-0.39, 0.29) is 17.5 Å². The van der Waals surface area contributed by atoms with Crippen LogP contribution >= 0.6 is 0 Å². The Morgan fingerprint density at radius 1 is 1.39 bits per heavy atom. The van der Waals surface area contributed by atoms with E-state index in [0.717, 1.165) is 12.4 Å². The fourth-order valence-electron chi connectivity index (χ4n) is 2.03. The van der Waals surface area contributed by atoms with Crippen LogP contribution in [0.2, 0.25) is 0 Å². The first kappa shape index (κ1) is 13.1. The third kappa shape index (κ3) is 3.32. The quantitative estimate of drug-likeness (QED) is 0.842. The van der Waals surface area contributed by atoms with E-state index in [4.69, 9.17) is 0 Å². The van der Waals surface area contributed by atoms with Gasteiger partial charge in [0, 0.05) is 18.7 Å². The summed E-state index contributed by atoms with van der Waals surface area (Å²) in [5, 5.41) is 6.29. The molecule has 0 aliphatic carbocycles. The molecule has 2 N–H and O–H groups in total. The first-order valence-electron chi connectivity index (χ1n) is 6.05. The van der Waals surface area contributed by atoms with E-state index in [0.29, 0.717) is 18.1 Å². The Morgan fingerprint density at radius 3 is 2.72 bits per heavy atom. The number of anilines is 2. The second kappa shape index (κ2) is 5.09. The van der Waals surface area contributed by atoms with Crippen molar-refractivity contribution < 1.29 is 8.42 Å². The Bertz CT molecular complexity index is 530. The minimum Gasteiger partial charge on any atom is -0.370 e. The van der Waals surface area contributed by atoms with Gasteiger partial charge in [-0.1, -0.05) is 0 Å². The molecule has 0 radical (unpaired) electrons. The number of aryl methyl sites for hydroxylation is 1. The van der Waals surface area contributed by atoms with Crippen molar-refractivity contribution in [3.8, 4) is 0 Å². The van der Waals surface area contributed by atoms with Gasteiger partial charge < -0.3 is 10.6 Å². The monoisotopic (exact) mass is 270 g/mol. The summed E-state index contributed by atoms with van der Waals surface area (Å²) in [7, 11) is -2.87. The van der Waals surface area contributed by atoms with Crippen LogP contribution in [0.5, 0.6) is 0 Å². The predicted octanol–water partition coefficient (Wildman–Crippen LogP) is 0.816.